The van der Waals surface area contributed by atoms with Crippen LogP contribution in [0.2, 0.25) is 0 Å². The van der Waals surface area contributed by atoms with Crippen LogP contribution < -0.4 is 5.73 Å². The summed E-state index contributed by atoms with van der Waals surface area (Å²) in [6.07, 6.45) is 0. The number of nitrogen functional groups attached to an aromatic ring is 1. The molecule has 0 saturated heterocycles. The molecule has 4 aromatic carbocycles. The van der Waals surface area contributed by atoms with Crippen molar-refractivity contribution in [1.29, 1.82) is 0 Å². The number of para-hydroxylation sites is 2. The maximum Gasteiger partial charge on any atom is 0.0562 e. The topological polar surface area (TPSA) is 46.7 Å². The first-order valence-corrected chi connectivity index (χ1v) is 9.09. The van der Waals surface area contributed by atoms with Gasteiger partial charge in [0.2, 0.25) is 0 Å². The monoisotopic (exact) mass is 347 g/mol. The number of nitrogens with one attached hydrogen (secondary N) is 1. The van der Waals surface area contributed by atoms with Gasteiger partial charge in [-0.25, -0.2) is 0 Å². The number of nitrogens with two attached hydrogens (primary N) is 1. The molecule has 2 heterocycles. The van der Waals surface area contributed by atoms with Crippen molar-refractivity contribution < 1.29 is 0 Å². The number of hydrogen-bond acceptors (Lipinski definition) is 1. The van der Waals surface area contributed by atoms with Crippen molar-refractivity contribution in [3.63, 3.8) is 0 Å². The molecule has 0 spiro atoms. The molecule has 0 atom stereocenters. The minimum absolute atomic E-state index is 0.776. The van der Waals surface area contributed by atoms with Crippen LogP contribution in [0.3, 0.4) is 0 Å². The number of anilines is 1. The summed E-state index contributed by atoms with van der Waals surface area (Å²) in [5, 5.41) is 4.97. The van der Waals surface area contributed by atoms with Gasteiger partial charge in [-0.3, -0.25) is 0 Å². The number of nitrogens with zero attached hydrogens (tertiary/aromatic N) is 1. The van der Waals surface area contributed by atoms with Crippen molar-refractivity contribution in [2.75, 3.05) is 5.73 Å². The molecular weight excluding hydrogens is 330 g/mol. The Bertz CT molecular complexity index is 1470. The Morgan fingerprint density at radius 3 is 2.26 bits per heavy atom. The van der Waals surface area contributed by atoms with E-state index >= 15 is 0 Å². The van der Waals surface area contributed by atoms with Gasteiger partial charge in [0.05, 0.1) is 11.0 Å². The van der Waals surface area contributed by atoms with E-state index < -0.39 is 0 Å². The normalized spacial score (nSPS) is 11.9. The Morgan fingerprint density at radius 1 is 0.593 bits per heavy atom. The van der Waals surface area contributed by atoms with E-state index in [1.165, 1.54) is 38.3 Å². The largest absolute Gasteiger partial charge is 0.399 e. The summed E-state index contributed by atoms with van der Waals surface area (Å²) in [5.74, 6) is 0. The van der Waals surface area contributed by atoms with E-state index in [0.717, 1.165) is 16.7 Å². The van der Waals surface area contributed by atoms with Gasteiger partial charge in [-0.1, -0.05) is 42.5 Å². The van der Waals surface area contributed by atoms with Crippen LogP contribution in [0.1, 0.15) is 0 Å². The Labute approximate surface area is 155 Å². The zero-order valence-corrected chi connectivity index (χ0v) is 14.6. The van der Waals surface area contributed by atoms with E-state index in [2.05, 4.69) is 82.3 Å². The summed E-state index contributed by atoms with van der Waals surface area (Å²) in [7, 11) is 0. The Hall–Kier alpha value is -3.72. The molecule has 0 aliphatic rings. The van der Waals surface area contributed by atoms with Crippen LogP contribution in [-0.4, -0.2) is 9.55 Å². The highest BCUT2D eigenvalue weighted by molar-refractivity contribution is 6.18. The van der Waals surface area contributed by atoms with E-state index in [-0.39, 0.29) is 0 Å². The predicted octanol–water partition coefficient (Wildman–Crippen LogP) is 6.00. The number of aromatic nitrogens is 2. The lowest BCUT2D eigenvalue weighted by atomic mass is 10.1. The summed E-state index contributed by atoms with van der Waals surface area (Å²) in [4.78, 5) is 3.54. The summed E-state index contributed by atoms with van der Waals surface area (Å²) in [5.41, 5.74) is 12.6. The van der Waals surface area contributed by atoms with Crippen molar-refractivity contribution in [1.82, 2.24) is 9.55 Å². The average molecular weight is 347 g/mol. The minimum atomic E-state index is 0.776. The molecule has 0 aliphatic heterocycles. The second-order valence-corrected chi connectivity index (χ2v) is 7.03. The van der Waals surface area contributed by atoms with E-state index in [1.807, 2.05) is 12.1 Å². The Balaban J connectivity index is 1.82. The van der Waals surface area contributed by atoms with E-state index in [1.54, 1.807) is 0 Å². The molecule has 0 bridgehead atoms. The molecule has 3 heteroatoms. The van der Waals surface area contributed by atoms with Gasteiger partial charge < -0.3 is 15.3 Å². The summed E-state index contributed by atoms with van der Waals surface area (Å²) >= 11 is 0. The molecule has 0 aliphatic carbocycles. The molecule has 0 unspecified atom stereocenters. The standard InChI is InChI=1S/C24H17N3/c25-15-10-11-17-19-13-20-18-8-4-5-9-23(18)27(16-6-2-1-3-7-16)24(20)14-22(19)26-21(17)12-15/h1-14,26H,25H2. The van der Waals surface area contributed by atoms with Gasteiger partial charge in [0.25, 0.3) is 0 Å². The van der Waals surface area contributed by atoms with Gasteiger partial charge >= 0.3 is 0 Å². The van der Waals surface area contributed by atoms with Crippen LogP contribution in [0.5, 0.6) is 0 Å². The van der Waals surface area contributed by atoms with Crippen molar-refractivity contribution in [2.24, 2.45) is 0 Å². The lowest BCUT2D eigenvalue weighted by Gasteiger charge is -2.07. The van der Waals surface area contributed by atoms with Crippen LogP contribution in [0, 0.1) is 0 Å². The molecule has 0 amide bonds. The van der Waals surface area contributed by atoms with Crippen molar-refractivity contribution in [3.05, 3.63) is 84.9 Å². The third-order valence-electron chi connectivity index (χ3n) is 5.43. The zero-order chi connectivity index (χ0) is 18.0. The molecule has 0 radical (unpaired) electrons. The first-order chi connectivity index (χ1) is 13.3. The van der Waals surface area contributed by atoms with Gasteiger partial charge in [-0.05, 0) is 42.5 Å². The maximum absolute atomic E-state index is 5.98. The fourth-order valence-electron chi connectivity index (χ4n) is 4.24. The van der Waals surface area contributed by atoms with E-state index in [4.69, 9.17) is 5.73 Å². The van der Waals surface area contributed by atoms with Gasteiger partial charge in [-0.15, -0.1) is 0 Å². The number of aromatic amines is 1. The molecule has 0 saturated carbocycles. The van der Waals surface area contributed by atoms with Gasteiger partial charge in [0, 0.05) is 44.0 Å². The fraction of sp³-hybridized carbons (Fsp3) is 0. The van der Waals surface area contributed by atoms with Crippen LogP contribution in [0.4, 0.5) is 5.69 Å². The lowest BCUT2D eigenvalue weighted by molar-refractivity contribution is 1.18. The molecule has 0 fully saturated rings. The maximum atomic E-state index is 5.98. The third kappa shape index (κ3) is 1.97. The Kier molecular flexibility index (Phi) is 2.75. The summed E-state index contributed by atoms with van der Waals surface area (Å²) in [6.45, 7) is 0. The molecule has 6 rings (SSSR count). The SMILES string of the molecule is Nc1ccc2c(c1)[nH]c1cc3c(cc12)c1ccccc1n3-c1ccccc1. The number of fused-ring (bicyclic) bond motifs is 6. The predicted molar refractivity (Wildman–Crippen MR) is 115 cm³/mol. The van der Waals surface area contributed by atoms with E-state index in [0.29, 0.717) is 0 Å². The van der Waals surface area contributed by atoms with Gasteiger partial charge in [0.15, 0.2) is 0 Å². The molecule has 2 aromatic heterocycles. The van der Waals surface area contributed by atoms with Gasteiger partial charge in [0.1, 0.15) is 0 Å². The highest BCUT2D eigenvalue weighted by atomic mass is 15.0. The quantitative estimate of drug-likeness (QED) is 0.352. The van der Waals surface area contributed by atoms with Crippen molar-refractivity contribution >= 4 is 49.3 Å². The van der Waals surface area contributed by atoms with Gasteiger partial charge in [-0.2, -0.15) is 0 Å². The zero-order valence-electron chi connectivity index (χ0n) is 14.6. The molecule has 128 valence electrons. The first kappa shape index (κ1) is 14.4. The molecule has 6 aromatic rings. The fourth-order valence-corrected chi connectivity index (χ4v) is 4.24. The number of hydrogen-bond donors (Lipinski definition) is 2. The molecule has 3 nitrogen and oxygen atoms in total. The number of H-pyrrole nitrogens is 1. The molecule has 27 heavy (non-hydrogen) atoms. The second-order valence-electron chi connectivity index (χ2n) is 7.03. The third-order valence-corrected chi connectivity index (χ3v) is 5.43. The molecule has 3 N–H and O–H groups in total. The van der Waals surface area contributed by atoms with Crippen LogP contribution >= 0.6 is 0 Å². The van der Waals surface area contributed by atoms with Crippen LogP contribution in [0.15, 0.2) is 84.9 Å². The Morgan fingerprint density at radius 2 is 1.37 bits per heavy atom. The second kappa shape index (κ2) is 5.15. The highest BCUT2D eigenvalue weighted by Gasteiger charge is 2.14. The minimum Gasteiger partial charge on any atom is -0.399 e. The first-order valence-electron chi connectivity index (χ1n) is 9.09. The summed E-state index contributed by atoms with van der Waals surface area (Å²) in [6, 6.07) is 29.8. The molecular formula is C24H17N3. The lowest BCUT2D eigenvalue weighted by Crippen LogP contribution is -1.92. The highest BCUT2D eigenvalue weighted by Crippen LogP contribution is 2.37. The average Bonchev–Trinajstić information content (AvgIpc) is 3.21. The van der Waals surface area contributed by atoms with Crippen LogP contribution in [0.25, 0.3) is 49.3 Å². The van der Waals surface area contributed by atoms with Crippen molar-refractivity contribution in [3.8, 4) is 5.69 Å². The smallest absolute Gasteiger partial charge is 0.0562 e. The number of benzene rings is 4. The van der Waals surface area contributed by atoms with Crippen molar-refractivity contribution in [2.45, 2.75) is 0 Å². The summed E-state index contributed by atoms with van der Waals surface area (Å²) < 4.78 is 2.34. The van der Waals surface area contributed by atoms with Crippen LogP contribution in [-0.2, 0) is 0 Å². The van der Waals surface area contributed by atoms with E-state index in [9.17, 15) is 0 Å². The number of rotatable bonds is 1.